The van der Waals surface area contributed by atoms with Crippen LogP contribution in [0.4, 0.5) is 0 Å². The predicted octanol–water partition coefficient (Wildman–Crippen LogP) is 3.53. The quantitative estimate of drug-likeness (QED) is 0.554. The van der Waals surface area contributed by atoms with Gasteiger partial charge < -0.3 is 9.47 Å². The molecular weight excluding hydrogens is 424 g/mol. The summed E-state index contributed by atoms with van der Waals surface area (Å²) in [7, 11) is -0.0244. The monoisotopic (exact) mass is 448 g/mol. The van der Waals surface area contributed by atoms with Crippen LogP contribution in [0.2, 0.25) is 5.02 Å². The zero-order valence-corrected chi connectivity index (χ0v) is 19.0. The van der Waals surface area contributed by atoms with Crippen LogP contribution in [0.25, 0.3) is 11.0 Å². The number of aryl methyl sites for hydroxylation is 1. The number of benzene rings is 2. The second-order valence-electron chi connectivity index (χ2n) is 7.00. The third-order valence-corrected chi connectivity index (χ3v) is 7.37. The largest absolute Gasteiger partial charge is 0.334 e. The van der Waals surface area contributed by atoms with E-state index in [1.807, 2.05) is 25.5 Å². The maximum Gasteiger partial charge on any atom is 0.254 e. The Labute approximate surface area is 181 Å². The van der Waals surface area contributed by atoms with Gasteiger partial charge in [0.15, 0.2) is 0 Å². The number of fused-ring (bicyclic) bond motifs is 1. The number of sulfonamides is 1. The summed E-state index contributed by atoms with van der Waals surface area (Å²) in [6.45, 7) is 4.70. The van der Waals surface area contributed by atoms with Gasteiger partial charge >= 0.3 is 0 Å². The molecule has 30 heavy (non-hydrogen) atoms. The predicted molar refractivity (Wildman–Crippen MR) is 118 cm³/mol. The summed E-state index contributed by atoms with van der Waals surface area (Å²) in [5.74, 6) is 0.481. The van der Waals surface area contributed by atoms with Crippen molar-refractivity contribution in [2.45, 2.75) is 25.3 Å². The molecule has 3 aromatic rings. The van der Waals surface area contributed by atoms with Crippen molar-refractivity contribution in [1.29, 1.82) is 0 Å². The highest BCUT2D eigenvalue weighted by molar-refractivity contribution is 7.89. The van der Waals surface area contributed by atoms with Gasteiger partial charge in [0.05, 0.1) is 22.5 Å². The molecule has 0 N–H and O–H groups in total. The Hall–Kier alpha value is -2.42. The van der Waals surface area contributed by atoms with Crippen LogP contribution < -0.4 is 0 Å². The molecule has 1 heterocycles. The lowest BCUT2D eigenvalue weighted by atomic mass is 10.2. The van der Waals surface area contributed by atoms with E-state index in [0.29, 0.717) is 35.0 Å². The van der Waals surface area contributed by atoms with Crippen LogP contribution in [0.5, 0.6) is 0 Å². The summed E-state index contributed by atoms with van der Waals surface area (Å²) in [5, 5.41) is 0.499. The van der Waals surface area contributed by atoms with Crippen molar-refractivity contribution in [3.63, 3.8) is 0 Å². The van der Waals surface area contributed by atoms with E-state index in [1.54, 1.807) is 54.4 Å². The highest BCUT2D eigenvalue weighted by Crippen LogP contribution is 2.23. The smallest absolute Gasteiger partial charge is 0.254 e. The molecule has 0 saturated heterocycles. The Morgan fingerprint density at radius 3 is 2.47 bits per heavy atom. The lowest BCUT2D eigenvalue weighted by Gasteiger charge is -2.18. The van der Waals surface area contributed by atoms with Gasteiger partial charge in [0.1, 0.15) is 5.82 Å². The number of hydrogen-bond donors (Lipinski definition) is 0. The Morgan fingerprint density at radius 2 is 1.83 bits per heavy atom. The molecule has 0 spiro atoms. The van der Waals surface area contributed by atoms with E-state index in [4.69, 9.17) is 11.6 Å². The molecule has 0 fully saturated rings. The third kappa shape index (κ3) is 4.21. The van der Waals surface area contributed by atoms with Gasteiger partial charge in [0.2, 0.25) is 10.0 Å². The van der Waals surface area contributed by atoms with Gasteiger partial charge in [-0.05, 0) is 36.4 Å². The molecule has 0 bridgehead atoms. The van der Waals surface area contributed by atoms with E-state index in [-0.39, 0.29) is 17.3 Å². The van der Waals surface area contributed by atoms with E-state index < -0.39 is 10.0 Å². The summed E-state index contributed by atoms with van der Waals surface area (Å²) in [6, 6.07) is 11.7. The number of rotatable bonds is 7. The molecule has 0 aliphatic carbocycles. The van der Waals surface area contributed by atoms with Gasteiger partial charge in [-0.3, -0.25) is 4.79 Å². The van der Waals surface area contributed by atoms with Gasteiger partial charge in [-0.25, -0.2) is 13.4 Å². The summed E-state index contributed by atoms with van der Waals surface area (Å²) < 4.78 is 28.9. The number of carbonyl (C=O) groups excluding carboxylic acids is 1. The molecule has 0 atom stereocenters. The molecule has 1 aromatic heterocycles. The second-order valence-corrected chi connectivity index (χ2v) is 9.37. The Balaban J connectivity index is 1.91. The number of carbonyl (C=O) groups is 1. The molecule has 1 amide bonds. The minimum atomic E-state index is -3.57. The van der Waals surface area contributed by atoms with Crippen molar-refractivity contribution in [3.05, 3.63) is 58.9 Å². The average molecular weight is 449 g/mol. The summed E-state index contributed by atoms with van der Waals surface area (Å²) in [6.07, 6.45) is 0. The summed E-state index contributed by atoms with van der Waals surface area (Å²) in [5.41, 5.74) is 1.87. The van der Waals surface area contributed by atoms with Gasteiger partial charge in [-0.1, -0.05) is 31.5 Å². The van der Waals surface area contributed by atoms with Crippen molar-refractivity contribution in [1.82, 2.24) is 18.8 Å². The maximum atomic E-state index is 12.8. The van der Waals surface area contributed by atoms with Crippen molar-refractivity contribution in [3.8, 4) is 0 Å². The molecule has 9 heteroatoms. The van der Waals surface area contributed by atoms with E-state index in [1.165, 1.54) is 4.31 Å². The fourth-order valence-corrected chi connectivity index (χ4v) is 5.04. The molecular formula is C21H25ClN4O3S. The summed E-state index contributed by atoms with van der Waals surface area (Å²) in [4.78, 5) is 19.1. The molecule has 0 aliphatic heterocycles. The van der Waals surface area contributed by atoms with Crippen molar-refractivity contribution in [2.24, 2.45) is 7.05 Å². The van der Waals surface area contributed by atoms with Crippen LogP contribution in [0.3, 0.4) is 0 Å². The van der Waals surface area contributed by atoms with Crippen LogP contribution in [0.15, 0.2) is 47.4 Å². The van der Waals surface area contributed by atoms with Crippen molar-refractivity contribution >= 4 is 38.6 Å². The fourth-order valence-electron chi connectivity index (χ4n) is 3.37. The second kappa shape index (κ2) is 8.75. The van der Waals surface area contributed by atoms with E-state index >= 15 is 0 Å². The van der Waals surface area contributed by atoms with E-state index in [0.717, 1.165) is 5.52 Å². The standard InChI is InChI=1S/C21H25ClN4O3S/c1-5-26(6-2)30(28,29)17-10-11-19-18(13-17)23-20(25(19)4)14-24(3)21(27)15-8-7-9-16(22)12-15/h7-13H,5-6,14H2,1-4H3. The van der Waals surface area contributed by atoms with Gasteiger partial charge in [-0.2, -0.15) is 4.31 Å². The number of hydrogen-bond acceptors (Lipinski definition) is 4. The maximum absolute atomic E-state index is 12.8. The molecule has 7 nitrogen and oxygen atoms in total. The minimum Gasteiger partial charge on any atom is -0.334 e. The SMILES string of the molecule is CCN(CC)S(=O)(=O)c1ccc2c(c1)nc(CN(C)C(=O)c1cccc(Cl)c1)n2C. The Kier molecular flexibility index (Phi) is 6.50. The normalized spacial score (nSPS) is 11.9. The Bertz CT molecular complexity index is 1190. The van der Waals surface area contributed by atoms with Crippen LogP contribution >= 0.6 is 11.6 Å². The van der Waals surface area contributed by atoms with Gasteiger partial charge in [-0.15, -0.1) is 0 Å². The fraction of sp³-hybridized carbons (Fsp3) is 0.333. The molecule has 3 rings (SSSR count). The number of amides is 1. The first-order chi connectivity index (χ1) is 14.2. The van der Waals surface area contributed by atoms with Crippen molar-refractivity contribution in [2.75, 3.05) is 20.1 Å². The first kappa shape index (κ1) is 22.3. The summed E-state index contributed by atoms with van der Waals surface area (Å²) >= 11 is 5.99. The minimum absolute atomic E-state index is 0.172. The molecule has 160 valence electrons. The zero-order chi connectivity index (χ0) is 22.1. The molecule has 2 aromatic carbocycles. The molecule has 0 unspecified atom stereocenters. The lowest BCUT2D eigenvalue weighted by Crippen LogP contribution is -2.30. The highest BCUT2D eigenvalue weighted by atomic mass is 35.5. The number of nitrogens with zero attached hydrogens (tertiary/aromatic N) is 4. The first-order valence-corrected chi connectivity index (χ1v) is 11.5. The topological polar surface area (TPSA) is 75.5 Å². The lowest BCUT2D eigenvalue weighted by molar-refractivity contribution is 0.0780. The van der Waals surface area contributed by atoms with Crippen LogP contribution in [-0.4, -0.2) is 53.2 Å². The Morgan fingerprint density at radius 1 is 1.13 bits per heavy atom. The first-order valence-electron chi connectivity index (χ1n) is 9.65. The van der Waals surface area contributed by atoms with E-state index in [9.17, 15) is 13.2 Å². The van der Waals surface area contributed by atoms with Crippen LogP contribution in [-0.2, 0) is 23.6 Å². The van der Waals surface area contributed by atoms with E-state index in [2.05, 4.69) is 4.98 Å². The van der Waals surface area contributed by atoms with Gasteiger partial charge in [0.25, 0.3) is 5.91 Å². The van der Waals surface area contributed by atoms with Crippen molar-refractivity contribution < 1.29 is 13.2 Å². The number of halogens is 1. The van der Waals surface area contributed by atoms with Crippen LogP contribution in [0.1, 0.15) is 30.0 Å². The van der Waals surface area contributed by atoms with Gasteiger partial charge in [0, 0.05) is 37.8 Å². The number of aromatic nitrogens is 2. The molecule has 0 saturated carbocycles. The molecule has 0 radical (unpaired) electrons. The third-order valence-electron chi connectivity index (χ3n) is 5.08. The molecule has 0 aliphatic rings. The number of imidazole rings is 1. The van der Waals surface area contributed by atoms with Crippen LogP contribution in [0, 0.1) is 0 Å². The highest BCUT2D eigenvalue weighted by Gasteiger charge is 2.23. The zero-order valence-electron chi connectivity index (χ0n) is 17.5. The average Bonchev–Trinajstić information content (AvgIpc) is 3.03.